The highest BCUT2D eigenvalue weighted by molar-refractivity contribution is 5.85. The minimum Gasteiger partial charge on any atom is -0.339 e. The van der Waals surface area contributed by atoms with Crippen molar-refractivity contribution in [2.45, 2.75) is 57.4 Å². The third kappa shape index (κ3) is 3.24. The molecule has 1 N–H and O–H groups in total. The molecule has 21 heavy (non-hydrogen) atoms. The van der Waals surface area contributed by atoms with Gasteiger partial charge in [-0.3, -0.25) is 4.79 Å². The minimum absolute atomic E-state index is 0. The summed E-state index contributed by atoms with van der Waals surface area (Å²) in [5.74, 6) is 3.92. The van der Waals surface area contributed by atoms with Gasteiger partial charge in [0.05, 0.1) is 0 Å². The van der Waals surface area contributed by atoms with Crippen molar-refractivity contribution >= 4 is 18.3 Å². The molecular formula is C17H29ClN2O. The number of halogens is 1. The standard InChI is InChI=1S/C17H28N2O.ClH/c20-17(2-1-12-3-4-18-10-12)19-11-15-6-13-5-14(7-15)9-16(19)8-13;/h12-16,18H,1-11H2;1H. The number of hydrogen-bond donors (Lipinski definition) is 1. The van der Waals surface area contributed by atoms with Crippen LogP contribution in [0.25, 0.3) is 0 Å². The molecule has 3 atom stereocenters. The highest BCUT2D eigenvalue weighted by atomic mass is 35.5. The molecule has 3 heterocycles. The number of fused-ring (bicyclic) bond motifs is 1. The first-order valence-electron chi connectivity index (χ1n) is 8.78. The Morgan fingerprint density at radius 1 is 1.05 bits per heavy atom. The fourth-order valence-electron chi connectivity index (χ4n) is 5.52. The molecule has 5 rings (SSSR count). The highest BCUT2D eigenvalue weighted by Crippen LogP contribution is 2.47. The van der Waals surface area contributed by atoms with E-state index in [2.05, 4.69) is 10.2 Å². The molecule has 0 aromatic heterocycles. The SMILES string of the molecule is Cl.O=C(CCC1CCNC1)N1CC2CC3CC(C2)CC1C3. The molecule has 2 aliphatic carbocycles. The highest BCUT2D eigenvalue weighted by Gasteiger charge is 2.43. The van der Waals surface area contributed by atoms with Gasteiger partial charge in [0.2, 0.25) is 5.91 Å². The monoisotopic (exact) mass is 312 g/mol. The van der Waals surface area contributed by atoms with Crippen LogP contribution in [0, 0.1) is 23.7 Å². The normalized spacial score (nSPS) is 41.0. The van der Waals surface area contributed by atoms with Gasteiger partial charge in [-0.1, -0.05) is 0 Å². The smallest absolute Gasteiger partial charge is 0.222 e. The van der Waals surface area contributed by atoms with Crippen LogP contribution in [0.3, 0.4) is 0 Å². The first-order valence-corrected chi connectivity index (χ1v) is 8.78. The maximum atomic E-state index is 12.7. The largest absolute Gasteiger partial charge is 0.339 e. The van der Waals surface area contributed by atoms with Crippen molar-refractivity contribution < 1.29 is 4.79 Å². The summed E-state index contributed by atoms with van der Waals surface area (Å²) in [5.41, 5.74) is 0. The summed E-state index contributed by atoms with van der Waals surface area (Å²) < 4.78 is 0. The maximum Gasteiger partial charge on any atom is 0.222 e. The molecule has 0 radical (unpaired) electrons. The predicted molar refractivity (Wildman–Crippen MR) is 86.5 cm³/mol. The van der Waals surface area contributed by atoms with Gasteiger partial charge >= 0.3 is 0 Å². The summed E-state index contributed by atoms with van der Waals surface area (Å²) in [6.45, 7) is 3.36. The Bertz CT molecular complexity index is 369. The van der Waals surface area contributed by atoms with E-state index in [1.54, 1.807) is 0 Å². The van der Waals surface area contributed by atoms with Crippen LogP contribution >= 0.6 is 12.4 Å². The average molecular weight is 313 g/mol. The van der Waals surface area contributed by atoms with Crippen molar-refractivity contribution in [2.75, 3.05) is 19.6 Å². The fraction of sp³-hybridized carbons (Fsp3) is 0.941. The van der Waals surface area contributed by atoms with Gasteiger partial charge in [0.15, 0.2) is 0 Å². The quantitative estimate of drug-likeness (QED) is 0.869. The van der Waals surface area contributed by atoms with E-state index >= 15 is 0 Å². The maximum absolute atomic E-state index is 12.7. The molecule has 1 amide bonds. The van der Waals surface area contributed by atoms with E-state index in [-0.39, 0.29) is 12.4 Å². The molecule has 4 heteroatoms. The first kappa shape index (κ1) is 15.6. The third-order valence-corrected chi connectivity index (χ3v) is 6.36. The summed E-state index contributed by atoms with van der Waals surface area (Å²) in [6.07, 6.45) is 10.1. The molecule has 3 nitrogen and oxygen atoms in total. The summed E-state index contributed by atoms with van der Waals surface area (Å²) in [4.78, 5) is 15.0. The zero-order valence-corrected chi connectivity index (χ0v) is 13.7. The Balaban J connectivity index is 0.00000132. The summed E-state index contributed by atoms with van der Waals surface area (Å²) in [6, 6.07) is 0.598. The van der Waals surface area contributed by atoms with Gasteiger partial charge < -0.3 is 10.2 Å². The number of carbonyl (C=O) groups excluding carboxylic acids is 1. The lowest BCUT2D eigenvalue weighted by molar-refractivity contribution is -0.134. The first-order chi connectivity index (χ1) is 9.78. The second-order valence-corrected chi connectivity index (χ2v) is 7.87. The van der Waals surface area contributed by atoms with Crippen LogP contribution in [0.5, 0.6) is 0 Å². The van der Waals surface area contributed by atoms with Gasteiger partial charge in [0, 0.05) is 19.0 Å². The number of nitrogens with zero attached hydrogens (tertiary/aromatic N) is 1. The molecular weight excluding hydrogens is 284 g/mol. The van der Waals surface area contributed by atoms with Crippen molar-refractivity contribution in [3.63, 3.8) is 0 Å². The number of amides is 1. The third-order valence-electron chi connectivity index (χ3n) is 6.36. The van der Waals surface area contributed by atoms with Gasteiger partial charge in [-0.25, -0.2) is 0 Å². The van der Waals surface area contributed by atoms with E-state index in [4.69, 9.17) is 0 Å². The summed E-state index contributed by atoms with van der Waals surface area (Å²) >= 11 is 0. The van der Waals surface area contributed by atoms with E-state index in [1.807, 2.05) is 0 Å². The van der Waals surface area contributed by atoms with Gasteiger partial charge in [-0.05, 0) is 81.7 Å². The Morgan fingerprint density at radius 3 is 2.43 bits per heavy atom. The molecule has 5 aliphatic rings. The molecule has 120 valence electrons. The van der Waals surface area contributed by atoms with E-state index in [9.17, 15) is 4.79 Å². The van der Waals surface area contributed by atoms with E-state index in [1.165, 1.54) is 38.5 Å². The number of carbonyl (C=O) groups is 1. The van der Waals surface area contributed by atoms with Crippen molar-refractivity contribution in [2.24, 2.45) is 23.7 Å². The molecule has 3 saturated heterocycles. The lowest BCUT2D eigenvalue weighted by Gasteiger charge is -2.39. The van der Waals surface area contributed by atoms with Crippen molar-refractivity contribution in [1.82, 2.24) is 10.2 Å². The lowest BCUT2D eigenvalue weighted by atomic mass is 9.68. The zero-order chi connectivity index (χ0) is 13.5. The van der Waals surface area contributed by atoms with Crippen LogP contribution in [0.1, 0.15) is 51.4 Å². The second-order valence-electron chi connectivity index (χ2n) is 7.87. The van der Waals surface area contributed by atoms with E-state index < -0.39 is 0 Å². The van der Waals surface area contributed by atoms with Crippen molar-refractivity contribution in [1.29, 1.82) is 0 Å². The van der Waals surface area contributed by atoms with Crippen LogP contribution in [-0.2, 0) is 4.79 Å². The van der Waals surface area contributed by atoms with Gasteiger partial charge in [0.25, 0.3) is 0 Å². The molecule has 0 aromatic carbocycles. The van der Waals surface area contributed by atoms with Crippen LogP contribution in [0.2, 0.25) is 0 Å². The lowest BCUT2D eigenvalue weighted by Crippen LogP contribution is -2.42. The summed E-state index contributed by atoms with van der Waals surface area (Å²) in [5, 5.41) is 3.41. The number of hydrogen-bond acceptors (Lipinski definition) is 2. The van der Waals surface area contributed by atoms with Gasteiger partial charge in [0.1, 0.15) is 0 Å². The molecule has 0 spiro atoms. The Labute approximate surface area is 134 Å². The average Bonchev–Trinajstić information content (AvgIpc) is 2.87. The van der Waals surface area contributed by atoms with Gasteiger partial charge in [-0.15, -0.1) is 12.4 Å². The van der Waals surface area contributed by atoms with E-state index in [0.717, 1.165) is 56.1 Å². The van der Waals surface area contributed by atoms with Crippen LogP contribution in [-0.4, -0.2) is 36.5 Å². The number of nitrogens with one attached hydrogen (secondary N) is 1. The molecule has 2 saturated carbocycles. The Morgan fingerprint density at radius 2 is 1.76 bits per heavy atom. The molecule has 0 aromatic rings. The van der Waals surface area contributed by atoms with Crippen molar-refractivity contribution in [3.05, 3.63) is 0 Å². The molecule has 3 aliphatic heterocycles. The van der Waals surface area contributed by atoms with E-state index in [0.29, 0.717) is 11.9 Å². The van der Waals surface area contributed by atoms with Crippen molar-refractivity contribution in [3.8, 4) is 0 Å². The van der Waals surface area contributed by atoms with Crippen LogP contribution in [0.4, 0.5) is 0 Å². The second kappa shape index (κ2) is 6.45. The molecule has 4 bridgehead atoms. The van der Waals surface area contributed by atoms with Crippen LogP contribution in [0.15, 0.2) is 0 Å². The Hall–Kier alpha value is -0.280. The van der Waals surface area contributed by atoms with Gasteiger partial charge in [-0.2, -0.15) is 0 Å². The molecule has 5 fully saturated rings. The topological polar surface area (TPSA) is 32.3 Å². The fourth-order valence-corrected chi connectivity index (χ4v) is 5.52. The minimum atomic E-state index is 0. The van der Waals surface area contributed by atoms with Crippen LogP contribution < -0.4 is 5.32 Å². The zero-order valence-electron chi connectivity index (χ0n) is 12.9. The predicted octanol–water partition coefficient (Wildman–Crippen LogP) is 2.84. The summed E-state index contributed by atoms with van der Waals surface area (Å²) in [7, 11) is 0. The Kier molecular flexibility index (Phi) is 4.80. The molecule has 3 unspecified atom stereocenters. The number of rotatable bonds is 3.